The molecule has 2 heterocycles. The van der Waals surface area contributed by atoms with E-state index in [0.717, 1.165) is 38.8 Å². The van der Waals surface area contributed by atoms with Gasteiger partial charge in [0.05, 0.1) is 19.3 Å². The number of esters is 1. The number of nitrogens with two attached hydrogens (primary N) is 1. The van der Waals surface area contributed by atoms with Crippen molar-refractivity contribution in [2.45, 2.75) is 26.5 Å². The van der Waals surface area contributed by atoms with Crippen LogP contribution in [0.15, 0.2) is 71.6 Å². The molecule has 0 amide bonds. The molecule has 0 saturated carbocycles. The second kappa shape index (κ2) is 9.45. The molecule has 0 aliphatic carbocycles. The zero-order valence-electron chi connectivity index (χ0n) is 17.3. The fraction of sp³-hybridized carbons (Fsp3) is 0.200. The number of benzene rings is 2. The second-order valence-electron chi connectivity index (χ2n) is 7.15. The van der Waals surface area contributed by atoms with E-state index in [1.54, 1.807) is 25.6 Å². The van der Waals surface area contributed by atoms with E-state index in [2.05, 4.69) is 4.98 Å². The molecule has 0 aliphatic heterocycles. The molecule has 0 saturated heterocycles. The van der Waals surface area contributed by atoms with Crippen molar-refractivity contribution in [3.8, 4) is 16.9 Å². The Morgan fingerprint density at radius 1 is 1.10 bits per heavy atom. The number of fused-ring (bicyclic) bond motifs is 1. The lowest BCUT2D eigenvalue weighted by Gasteiger charge is -2.13. The molecule has 6 nitrogen and oxygen atoms in total. The first-order valence-electron chi connectivity index (χ1n) is 10.2. The molecule has 0 unspecified atom stereocenters. The molecule has 158 valence electrons. The predicted octanol–water partition coefficient (Wildman–Crippen LogP) is 4.64. The lowest BCUT2D eigenvalue weighted by molar-refractivity contribution is -0.142. The number of aromatic nitrogens is 1. The minimum absolute atomic E-state index is 0.174. The first kappa shape index (κ1) is 20.6. The quantitative estimate of drug-likeness (QED) is 0.421. The van der Waals surface area contributed by atoms with E-state index in [1.165, 1.54) is 0 Å². The average Bonchev–Trinajstić information content (AvgIpc) is 3.27. The van der Waals surface area contributed by atoms with Crippen LogP contribution in [0.3, 0.4) is 0 Å². The molecule has 2 aromatic carbocycles. The van der Waals surface area contributed by atoms with Crippen molar-refractivity contribution in [2.75, 3.05) is 6.61 Å². The third-order valence-electron chi connectivity index (χ3n) is 4.96. The van der Waals surface area contributed by atoms with E-state index in [1.807, 2.05) is 48.5 Å². The van der Waals surface area contributed by atoms with Crippen LogP contribution in [0.2, 0.25) is 0 Å². The van der Waals surface area contributed by atoms with E-state index >= 15 is 0 Å². The second-order valence-corrected chi connectivity index (χ2v) is 7.15. The molecule has 2 aromatic heterocycles. The van der Waals surface area contributed by atoms with Crippen molar-refractivity contribution in [1.82, 2.24) is 4.98 Å². The Kier molecular flexibility index (Phi) is 6.29. The molecule has 31 heavy (non-hydrogen) atoms. The maximum Gasteiger partial charge on any atom is 0.310 e. The highest BCUT2D eigenvalue weighted by atomic mass is 16.5. The topological polar surface area (TPSA) is 87.6 Å². The van der Waals surface area contributed by atoms with Crippen LogP contribution >= 0.6 is 0 Å². The molecule has 0 radical (unpaired) electrons. The zero-order chi connectivity index (χ0) is 21.6. The first-order valence-corrected chi connectivity index (χ1v) is 10.2. The van der Waals surface area contributed by atoms with E-state index in [9.17, 15) is 4.79 Å². The number of carbonyl (C=O) groups is 1. The van der Waals surface area contributed by atoms with Crippen molar-refractivity contribution >= 4 is 16.9 Å². The van der Waals surface area contributed by atoms with E-state index in [-0.39, 0.29) is 12.4 Å². The third kappa shape index (κ3) is 4.75. The lowest BCUT2D eigenvalue weighted by atomic mass is 10.0. The Morgan fingerprint density at radius 3 is 2.81 bits per heavy atom. The summed E-state index contributed by atoms with van der Waals surface area (Å²) in [7, 11) is 0. The number of pyridine rings is 1. The molecule has 4 aromatic rings. The Morgan fingerprint density at radius 2 is 1.97 bits per heavy atom. The minimum atomic E-state index is -0.270. The van der Waals surface area contributed by atoms with Crippen LogP contribution in [-0.2, 0) is 29.1 Å². The highest BCUT2D eigenvalue weighted by Crippen LogP contribution is 2.32. The summed E-state index contributed by atoms with van der Waals surface area (Å²) in [5, 5.41) is 0.981. The highest BCUT2D eigenvalue weighted by molar-refractivity contribution is 5.93. The molecule has 6 heteroatoms. The molecule has 0 aliphatic rings. The summed E-state index contributed by atoms with van der Waals surface area (Å²) in [6.07, 6.45) is 5.41. The number of hydrogen-bond donors (Lipinski definition) is 1. The zero-order valence-corrected chi connectivity index (χ0v) is 17.3. The normalized spacial score (nSPS) is 10.9. The van der Waals surface area contributed by atoms with Gasteiger partial charge in [0.15, 0.2) is 0 Å². The summed E-state index contributed by atoms with van der Waals surface area (Å²) in [6.45, 7) is 2.92. The van der Waals surface area contributed by atoms with Crippen LogP contribution < -0.4 is 10.5 Å². The predicted molar refractivity (Wildman–Crippen MR) is 118 cm³/mol. The number of hydrogen-bond acceptors (Lipinski definition) is 6. The van der Waals surface area contributed by atoms with Gasteiger partial charge in [0.1, 0.15) is 17.9 Å². The summed E-state index contributed by atoms with van der Waals surface area (Å²) in [5.41, 5.74) is 11.2. The van der Waals surface area contributed by atoms with Crippen molar-refractivity contribution in [3.05, 3.63) is 83.9 Å². The number of furan rings is 1. The van der Waals surface area contributed by atoms with Crippen LogP contribution in [0.5, 0.6) is 5.75 Å². The van der Waals surface area contributed by atoms with Gasteiger partial charge in [-0.2, -0.15) is 0 Å². The molecule has 0 spiro atoms. The van der Waals surface area contributed by atoms with Crippen molar-refractivity contribution in [3.63, 3.8) is 0 Å². The van der Waals surface area contributed by atoms with Gasteiger partial charge >= 0.3 is 5.97 Å². The summed E-state index contributed by atoms with van der Waals surface area (Å²) < 4.78 is 16.9. The van der Waals surface area contributed by atoms with Gasteiger partial charge in [-0.1, -0.05) is 18.2 Å². The van der Waals surface area contributed by atoms with Gasteiger partial charge in [-0.25, -0.2) is 0 Å². The van der Waals surface area contributed by atoms with E-state index in [4.69, 9.17) is 19.6 Å². The molecular formula is C25H24N2O4. The maximum absolute atomic E-state index is 11.9. The van der Waals surface area contributed by atoms with Crippen LogP contribution in [0, 0.1) is 0 Å². The van der Waals surface area contributed by atoms with Crippen LogP contribution in [0.4, 0.5) is 0 Å². The number of nitrogens with zero attached hydrogens (tertiary/aromatic N) is 1. The van der Waals surface area contributed by atoms with Gasteiger partial charge in [0.2, 0.25) is 0 Å². The Hall–Kier alpha value is -3.64. The first-order chi connectivity index (χ1) is 15.2. The fourth-order valence-corrected chi connectivity index (χ4v) is 3.51. The van der Waals surface area contributed by atoms with Gasteiger partial charge in [-0.05, 0) is 48.4 Å². The molecule has 0 bridgehead atoms. The van der Waals surface area contributed by atoms with E-state index in [0.29, 0.717) is 25.5 Å². The van der Waals surface area contributed by atoms with Crippen molar-refractivity contribution in [2.24, 2.45) is 5.73 Å². The van der Waals surface area contributed by atoms with Crippen LogP contribution in [-0.4, -0.2) is 17.6 Å². The Balaban J connectivity index is 1.61. The largest absolute Gasteiger partial charge is 0.489 e. The fourth-order valence-electron chi connectivity index (χ4n) is 3.51. The number of para-hydroxylation sites is 1. The van der Waals surface area contributed by atoms with Gasteiger partial charge in [-0.15, -0.1) is 0 Å². The third-order valence-corrected chi connectivity index (χ3v) is 4.96. The van der Waals surface area contributed by atoms with Gasteiger partial charge in [0, 0.05) is 41.0 Å². The smallest absolute Gasteiger partial charge is 0.310 e. The molecule has 0 fully saturated rings. The highest BCUT2D eigenvalue weighted by Gasteiger charge is 2.13. The Labute approximate surface area is 180 Å². The van der Waals surface area contributed by atoms with E-state index < -0.39 is 0 Å². The summed E-state index contributed by atoms with van der Waals surface area (Å²) in [5.74, 6) is 0.393. The minimum Gasteiger partial charge on any atom is -0.489 e. The average molecular weight is 416 g/mol. The van der Waals surface area contributed by atoms with Crippen molar-refractivity contribution in [1.29, 1.82) is 0 Å². The van der Waals surface area contributed by atoms with Crippen LogP contribution in [0.25, 0.3) is 22.1 Å². The summed E-state index contributed by atoms with van der Waals surface area (Å²) in [6, 6.07) is 15.5. The maximum atomic E-state index is 11.9. The Bertz CT molecular complexity index is 1200. The monoisotopic (exact) mass is 416 g/mol. The van der Waals surface area contributed by atoms with Crippen molar-refractivity contribution < 1.29 is 18.7 Å². The summed E-state index contributed by atoms with van der Waals surface area (Å²) >= 11 is 0. The number of ether oxygens (including phenoxy) is 2. The van der Waals surface area contributed by atoms with Gasteiger partial charge in [0.25, 0.3) is 0 Å². The lowest BCUT2D eigenvalue weighted by Crippen LogP contribution is -2.09. The molecule has 2 N–H and O–H groups in total. The standard InChI is InChI=1S/C25H24N2O4/c1-2-29-24(28)12-19-5-3-4-6-23(19)31-16-17-9-20-7-8-30-25(20)22(11-17)21-10-18(13-26)14-27-15-21/h3-11,14-15H,2,12-13,16,26H2,1H3. The van der Waals surface area contributed by atoms with Gasteiger partial charge in [-0.3, -0.25) is 9.78 Å². The SMILES string of the molecule is CCOC(=O)Cc1ccccc1OCc1cc(-c2cncc(CN)c2)c2occc2c1. The van der Waals surface area contributed by atoms with Gasteiger partial charge < -0.3 is 19.6 Å². The molecular weight excluding hydrogens is 392 g/mol. The summed E-state index contributed by atoms with van der Waals surface area (Å²) in [4.78, 5) is 16.2. The van der Waals surface area contributed by atoms with Crippen LogP contribution in [0.1, 0.15) is 23.6 Å². The molecule has 4 rings (SSSR count). The molecule has 0 atom stereocenters. The number of rotatable bonds is 8. The number of carbonyl (C=O) groups excluding carboxylic acids is 1.